The molecule has 162 valence electrons. The first-order valence-corrected chi connectivity index (χ1v) is 11.3. The zero-order chi connectivity index (χ0) is 22.8. The van der Waals surface area contributed by atoms with Crippen LogP contribution in [0.1, 0.15) is 29.0 Å². The summed E-state index contributed by atoms with van der Waals surface area (Å²) in [6, 6.07) is 21.3. The van der Waals surface area contributed by atoms with Crippen LogP contribution < -0.4 is 5.32 Å². The maximum atomic E-state index is 13.1. The molecule has 0 fully saturated rings. The van der Waals surface area contributed by atoms with Crippen molar-refractivity contribution in [2.45, 2.75) is 13.0 Å². The monoisotopic (exact) mass is 529 g/mol. The van der Waals surface area contributed by atoms with Gasteiger partial charge >= 0.3 is 0 Å². The van der Waals surface area contributed by atoms with Crippen molar-refractivity contribution in [2.24, 2.45) is 0 Å². The first kappa shape index (κ1) is 22.4. The van der Waals surface area contributed by atoms with Crippen LogP contribution in [0.2, 0.25) is 10.0 Å². The van der Waals surface area contributed by atoms with Crippen molar-refractivity contribution in [3.63, 3.8) is 0 Å². The summed E-state index contributed by atoms with van der Waals surface area (Å²) in [6.45, 7) is 1.86. The maximum absolute atomic E-state index is 13.1. The van der Waals surface area contributed by atoms with Crippen molar-refractivity contribution in [1.82, 2.24) is 15.1 Å². The number of amides is 1. The van der Waals surface area contributed by atoms with Crippen molar-refractivity contribution in [3.05, 3.63) is 98.6 Å². The molecule has 0 aliphatic heterocycles. The molecule has 0 saturated carbocycles. The third kappa shape index (κ3) is 4.53. The van der Waals surface area contributed by atoms with Crippen LogP contribution in [-0.2, 0) is 0 Å². The number of nitrogens with zero attached hydrogens (tertiary/aromatic N) is 2. The molecule has 0 bridgehead atoms. The lowest BCUT2D eigenvalue weighted by molar-refractivity contribution is 0.0932. The highest BCUT2D eigenvalue weighted by Gasteiger charge is 2.26. The standard InChI is InChI=1S/C24H18BrCl2N3O2/c1-14(15-6-10-17(25)11-7-15)28-24(32)21-23(31)22(16-8-12-18(26)13-9-16)30(29-21)20-5-3-2-4-19(20)27/h2-14,31H,1H3,(H,28,32)/t14-/m0/s1. The zero-order valence-electron chi connectivity index (χ0n) is 16.9. The van der Waals surface area contributed by atoms with Gasteiger partial charge in [0.15, 0.2) is 11.4 Å². The highest BCUT2D eigenvalue weighted by molar-refractivity contribution is 9.10. The molecule has 4 aromatic rings. The molecule has 1 heterocycles. The Bertz CT molecular complexity index is 1270. The van der Waals surface area contributed by atoms with E-state index in [1.807, 2.05) is 31.2 Å². The third-order valence-electron chi connectivity index (χ3n) is 4.99. The van der Waals surface area contributed by atoms with E-state index >= 15 is 0 Å². The number of rotatable bonds is 5. The Morgan fingerprint density at radius 1 is 1.03 bits per heavy atom. The first-order valence-electron chi connectivity index (χ1n) is 9.74. The number of halogens is 3. The first-order chi connectivity index (χ1) is 15.3. The number of para-hydroxylation sites is 1. The lowest BCUT2D eigenvalue weighted by atomic mass is 10.1. The summed E-state index contributed by atoms with van der Waals surface area (Å²) in [5, 5.41) is 19.4. The highest BCUT2D eigenvalue weighted by atomic mass is 79.9. The summed E-state index contributed by atoms with van der Waals surface area (Å²) in [7, 11) is 0. The minimum Gasteiger partial charge on any atom is -0.504 e. The number of aromatic hydroxyl groups is 1. The lowest BCUT2D eigenvalue weighted by Crippen LogP contribution is -2.27. The average Bonchev–Trinajstić information content (AvgIpc) is 3.12. The second-order valence-electron chi connectivity index (χ2n) is 7.16. The van der Waals surface area contributed by atoms with Crippen LogP contribution >= 0.6 is 39.1 Å². The van der Waals surface area contributed by atoms with Crippen LogP contribution in [0.4, 0.5) is 0 Å². The normalized spacial score (nSPS) is 11.9. The van der Waals surface area contributed by atoms with E-state index in [9.17, 15) is 9.90 Å². The Morgan fingerprint density at radius 3 is 2.34 bits per heavy atom. The van der Waals surface area contributed by atoms with Gasteiger partial charge in [0.05, 0.1) is 16.8 Å². The van der Waals surface area contributed by atoms with Crippen LogP contribution in [0.25, 0.3) is 16.9 Å². The molecule has 8 heteroatoms. The molecule has 1 atom stereocenters. The zero-order valence-corrected chi connectivity index (χ0v) is 20.0. The summed E-state index contributed by atoms with van der Waals surface area (Å²) in [5.41, 5.74) is 2.34. The van der Waals surface area contributed by atoms with Gasteiger partial charge < -0.3 is 10.4 Å². The van der Waals surface area contributed by atoms with Gasteiger partial charge in [0.1, 0.15) is 5.69 Å². The predicted octanol–water partition coefficient (Wildman–Crippen LogP) is 6.81. The SMILES string of the molecule is C[C@H](NC(=O)c1nn(-c2ccccc2Cl)c(-c2ccc(Cl)cc2)c1O)c1ccc(Br)cc1. The molecule has 3 aromatic carbocycles. The smallest absolute Gasteiger partial charge is 0.276 e. The number of aromatic nitrogens is 2. The number of carbonyl (C=O) groups excluding carboxylic acids is 1. The third-order valence-corrected chi connectivity index (χ3v) is 6.09. The van der Waals surface area contributed by atoms with E-state index in [1.54, 1.807) is 48.5 Å². The van der Waals surface area contributed by atoms with Gasteiger partial charge in [-0.2, -0.15) is 5.10 Å². The van der Waals surface area contributed by atoms with E-state index in [0.29, 0.717) is 27.0 Å². The van der Waals surface area contributed by atoms with E-state index in [1.165, 1.54) is 4.68 Å². The number of nitrogens with one attached hydrogen (secondary N) is 1. The molecule has 4 rings (SSSR count). The molecule has 32 heavy (non-hydrogen) atoms. The molecule has 0 saturated heterocycles. The Morgan fingerprint density at radius 2 is 1.69 bits per heavy atom. The fourth-order valence-electron chi connectivity index (χ4n) is 3.33. The van der Waals surface area contributed by atoms with E-state index < -0.39 is 5.91 Å². The van der Waals surface area contributed by atoms with Crippen molar-refractivity contribution >= 4 is 45.0 Å². The Balaban J connectivity index is 1.76. The Labute approximate surface area is 203 Å². The fraction of sp³-hybridized carbons (Fsp3) is 0.0833. The molecule has 0 unspecified atom stereocenters. The van der Waals surface area contributed by atoms with Crippen LogP contribution in [0.15, 0.2) is 77.3 Å². The molecule has 0 aliphatic carbocycles. The summed E-state index contributed by atoms with van der Waals surface area (Å²) >= 11 is 15.8. The van der Waals surface area contributed by atoms with E-state index in [4.69, 9.17) is 23.2 Å². The number of carbonyl (C=O) groups is 1. The summed E-state index contributed by atoms with van der Waals surface area (Å²) < 4.78 is 2.42. The van der Waals surface area contributed by atoms with Gasteiger partial charge in [0.25, 0.3) is 5.91 Å². The predicted molar refractivity (Wildman–Crippen MR) is 131 cm³/mol. The molecule has 0 spiro atoms. The molecular weight excluding hydrogens is 513 g/mol. The van der Waals surface area contributed by atoms with E-state index in [-0.39, 0.29) is 17.5 Å². The quantitative estimate of drug-likeness (QED) is 0.298. The van der Waals surface area contributed by atoms with Crippen molar-refractivity contribution in [1.29, 1.82) is 0 Å². The van der Waals surface area contributed by atoms with Gasteiger partial charge in [-0.25, -0.2) is 4.68 Å². The van der Waals surface area contributed by atoms with Gasteiger partial charge in [0.2, 0.25) is 0 Å². The maximum Gasteiger partial charge on any atom is 0.276 e. The summed E-state index contributed by atoms with van der Waals surface area (Å²) in [4.78, 5) is 13.1. The van der Waals surface area contributed by atoms with E-state index in [0.717, 1.165) is 10.0 Å². The van der Waals surface area contributed by atoms with Gasteiger partial charge in [-0.1, -0.05) is 75.5 Å². The average molecular weight is 531 g/mol. The molecule has 5 nitrogen and oxygen atoms in total. The number of hydrogen-bond donors (Lipinski definition) is 2. The van der Waals surface area contributed by atoms with Crippen LogP contribution in [0, 0.1) is 0 Å². The number of hydrogen-bond acceptors (Lipinski definition) is 3. The van der Waals surface area contributed by atoms with Gasteiger partial charge in [-0.05, 0) is 48.9 Å². The van der Waals surface area contributed by atoms with Gasteiger partial charge in [0, 0.05) is 15.1 Å². The fourth-order valence-corrected chi connectivity index (χ4v) is 3.93. The van der Waals surface area contributed by atoms with Gasteiger partial charge in [-0.15, -0.1) is 0 Å². The summed E-state index contributed by atoms with van der Waals surface area (Å²) in [5.74, 6) is -0.744. The topological polar surface area (TPSA) is 67.2 Å². The highest BCUT2D eigenvalue weighted by Crippen LogP contribution is 2.36. The molecule has 2 N–H and O–H groups in total. The lowest BCUT2D eigenvalue weighted by Gasteiger charge is -2.13. The van der Waals surface area contributed by atoms with Crippen LogP contribution in [0.3, 0.4) is 0 Å². The Hall–Kier alpha value is -2.80. The molecule has 1 amide bonds. The molecular formula is C24H18BrCl2N3O2. The van der Waals surface area contributed by atoms with Crippen molar-refractivity contribution < 1.29 is 9.90 Å². The minimum atomic E-state index is -0.501. The number of benzene rings is 3. The Kier molecular flexibility index (Phi) is 6.55. The van der Waals surface area contributed by atoms with Crippen molar-refractivity contribution in [3.8, 4) is 22.7 Å². The summed E-state index contributed by atoms with van der Waals surface area (Å²) in [6.07, 6.45) is 0. The molecule has 0 aliphatic rings. The van der Waals surface area contributed by atoms with Gasteiger partial charge in [-0.3, -0.25) is 4.79 Å². The second kappa shape index (κ2) is 9.36. The second-order valence-corrected chi connectivity index (χ2v) is 8.92. The van der Waals surface area contributed by atoms with Crippen LogP contribution in [0.5, 0.6) is 5.75 Å². The minimum absolute atomic E-state index is 0.0983. The van der Waals surface area contributed by atoms with E-state index in [2.05, 4.69) is 26.3 Å². The van der Waals surface area contributed by atoms with Crippen molar-refractivity contribution in [2.75, 3.05) is 0 Å². The largest absolute Gasteiger partial charge is 0.504 e. The molecule has 1 aromatic heterocycles. The molecule has 0 radical (unpaired) electrons. The van der Waals surface area contributed by atoms with Crippen LogP contribution in [-0.4, -0.2) is 20.8 Å².